The number of sulfonamides is 1. The molecule has 0 atom stereocenters. The van der Waals surface area contributed by atoms with Gasteiger partial charge in [-0.25, -0.2) is 12.7 Å². The van der Waals surface area contributed by atoms with Crippen molar-refractivity contribution in [3.8, 4) is 11.5 Å². The molecule has 0 aliphatic carbocycles. The lowest BCUT2D eigenvalue weighted by Crippen LogP contribution is -2.31. The molecular formula is C24H20F2N2O5S. The van der Waals surface area contributed by atoms with E-state index in [1.807, 2.05) is 0 Å². The van der Waals surface area contributed by atoms with Crippen LogP contribution in [0.25, 0.3) is 4.91 Å². The summed E-state index contributed by atoms with van der Waals surface area (Å²) in [7, 11) is -2.69. The van der Waals surface area contributed by atoms with Gasteiger partial charge >= 0.3 is 6.61 Å². The first-order valence-corrected chi connectivity index (χ1v) is 11.5. The van der Waals surface area contributed by atoms with Crippen molar-refractivity contribution >= 4 is 26.5 Å². The number of anilines is 1. The summed E-state index contributed by atoms with van der Waals surface area (Å²) in [6.45, 7) is -3.25. The van der Waals surface area contributed by atoms with E-state index >= 15 is 0 Å². The van der Waals surface area contributed by atoms with Gasteiger partial charge in [-0.05, 0) is 47.5 Å². The Morgan fingerprint density at radius 2 is 1.53 bits per heavy atom. The van der Waals surface area contributed by atoms with Crippen LogP contribution in [-0.4, -0.2) is 32.4 Å². The van der Waals surface area contributed by atoms with E-state index < -0.39 is 22.5 Å². The topological polar surface area (TPSA) is 84.9 Å². The van der Waals surface area contributed by atoms with E-state index in [4.69, 9.17) is 4.74 Å². The van der Waals surface area contributed by atoms with Gasteiger partial charge in [-0.15, -0.1) is 0 Å². The van der Waals surface area contributed by atoms with Crippen molar-refractivity contribution < 1.29 is 31.5 Å². The number of carbonyl (C=O) groups excluding carboxylic acids is 1. The molecule has 34 heavy (non-hydrogen) atoms. The molecule has 3 aromatic carbocycles. The van der Waals surface area contributed by atoms with Gasteiger partial charge in [0.05, 0.1) is 13.7 Å². The molecule has 0 saturated heterocycles. The molecule has 4 rings (SSSR count). The largest absolute Gasteiger partial charge is 0.497 e. The third-order valence-corrected chi connectivity index (χ3v) is 6.92. The first kappa shape index (κ1) is 23.2. The van der Waals surface area contributed by atoms with Crippen molar-refractivity contribution in [3.63, 3.8) is 0 Å². The number of benzene rings is 3. The molecule has 1 heterocycles. The highest BCUT2D eigenvalue weighted by atomic mass is 32.2. The van der Waals surface area contributed by atoms with Crippen LogP contribution < -0.4 is 14.8 Å². The van der Waals surface area contributed by atoms with Gasteiger partial charge in [0.1, 0.15) is 22.1 Å². The van der Waals surface area contributed by atoms with Crippen molar-refractivity contribution in [2.45, 2.75) is 13.2 Å². The average molecular weight is 486 g/mol. The SMILES string of the molecule is COc1ccc(NC2=C(c3ccccc3)S(=O)(=O)N(Cc3ccc(OC(F)F)cc3)C2=O)cc1. The Balaban J connectivity index is 1.69. The molecule has 10 heteroatoms. The summed E-state index contributed by atoms with van der Waals surface area (Å²) >= 11 is 0. The number of nitrogens with one attached hydrogen (secondary N) is 1. The number of methoxy groups -OCH3 is 1. The molecule has 3 aromatic rings. The standard InChI is InChI=1S/C24H20F2N2O5S/c1-32-19-13-9-18(10-14-19)27-21-22(17-5-3-2-4-6-17)34(30,31)28(23(21)29)15-16-7-11-20(12-8-16)33-24(25)26/h2-14,24,27H,15H2,1H3. The van der Waals surface area contributed by atoms with Crippen LogP contribution in [0.4, 0.5) is 14.5 Å². The van der Waals surface area contributed by atoms with Gasteiger partial charge in [0.15, 0.2) is 0 Å². The van der Waals surface area contributed by atoms with Gasteiger partial charge < -0.3 is 14.8 Å². The molecule has 176 valence electrons. The summed E-state index contributed by atoms with van der Waals surface area (Å²) in [5.41, 5.74) is 1.20. The number of ether oxygens (including phenoxy) is 2. The highest BCUT2D eigenvalue weighted by molar-refractivity contribution is 7.99. The Morgan fingerprint density at radius 1 is 0.912 bits per heavy atom. The summed E-state index contributed by atoms with van der Waals surface area (Å²) in [6.07, 6.45) is 0. The second kappa shape index (κ2) is 9.52. The zero-order chi connectivity index (χ0) is 24.3. The predicted octanol–water partition coefficient (Wildman–Crippen LogP) is 4.45. The molecule has 1 N–H and O–H groups in total. The lowest BCUT2D eigenvalue weighted by Gasteiger charge is -2.17. The predicted molar refractivity (Wildman–Crippen MR) is 123 cm³/mol. The van der Waals surface area contributed by atoms with Crippen molar-refractivity contribution in [2.24, 2.45) is 0 Å². The smallest absolute Gasteiger partial charge is 0.387 e. The Bertz CT molecular complexity index is 1310. The van der Waals surface area contributed by atoms with Crippen LogP contribution in [0, 0.1) is 0 Å². The van der Waals surface area contributed by atoms with E-state index in [1.54, 1.807) is 54.6 Å². The normalized spacial score (nSPS) is 15.1. The summed E-state index contributed by atoms with van der Waals surface area (Å²) in [5.74, 6) is -0.198. The summed E-state index contributed by atoms with van der Waals surface area (Å²) in [4.78, 5) is 13.2. The van der Waals surface area contributed by atoms with Crippen molar-refractivity contribution in [2.75, 3.05) is 12.4 Å². The fourth-order valence-corrected chi connectivity index (χ4v) is 5.16. The lowest BCUT2D eigenvalue weighted by molar-refractivity contribution is -0.122. The molecule has 0 spiro atoms. The van der Waals surface area contributed by atoms with Crippen LogP contribution in [0.1, 0.15) is 11.1 Å². The molecule has 0 bridgehead atoms. The lowest BCUT2D eigenvalue weighted by atomic mass is 10.1. The highest BCUT2D eigenvalue weighted by Gasteiger charge is 2.44. The third-order valence-electron chi connectivity index (χ3n) is 5.09. The summed E-state index contributed by atoms with van der Waals surface area (Å²) < 4.78 is 62.0. The number of hydrogen-bond donors (Lipinski definition) is 1. The number of alkyl halides is 2. The minimum absolute atomic E-state index is 0.0701. The number of carbonyl (C=O) groups is 1. The Kier molecular flexibility index (Phi) is 6.51. The summed E-state index contributed by atoms with van der Waals surface area (Å²) in [5, 5.41) is 2.94. The first-order valence-electron chi connectivity index (χ1n) is 10.1. The number of rotatable bonds is 8. The number of amides is 1. The van der Waals surface area contributed by atoms with E-state index in [-0.39, 0.29) is 22.9 Å². The van der Waals surface area contributed by atoms with Crippen LogP contribution in [0.2, 0.25) is 0 Å². The van der Waals surface area contributed by atoms with Crippen LogP contribution in [-0.2, 0) is 21.4 Å². The van der Waals surface area contributed by atoms with Crippen LogP contribution in [0.5, 0.6) is 11.5 Å². The molecule has 1 aliphatic heterocycles. The number of hydrogen-bond acceptors (Lipinski definition) is 6. The van der Waals surface area contributed by atoms with Crippen LogP contribution in [0.3, 0.4) is 0 Å². The van der Waals surface area contributed by atoms with Crippen LogP contribution in [0.15, 0.2) is 84.6 Å². The third kappa shape index (κ3) is 4.72. The van der Waals surface area contributed by atoms with Crippen molar-refractivity contribution in [1.82, 2.24) is 4.31 Å². The van der Waals surface area contributed by atoms with Gasteiger partial charge in [-0.3, -0.25) is 4.79 Å². The van der Waals surface area contributed by atoms with Gasteiger partial charge in [-0.1, -0.05) is 42.5 Å². The Morgan fingerprint density at radius 3 is 2.12 bits per heavy atom. The minimum Gasteiger partial charge on any atom is -0.497 e. The van der Waals surface area contributed by atoms with Gasteiger partial charge in [0, 0.05) is 5.69 Å². The number of nitrogens with zero attached hydrogens (tertiary/aromatic N) is 1. The molecule has 1 amide bonds. The van der Waals surface area contributed by atoms with E-state index in [0.29, 0.717) is 22.6 Å². The maximum Gasteiger partial charge on any atom is 0.387 e. The van der Waals surface area contributed by atoms with Gasteiger partial charge in [0.2, 0.25) is 0 Å². The van der Waals surface area contributed by atoms with Crippen LogP contribution >= 0.6 is 0 Å². The van der Waals surface area contributed by atoms with E-state index in [0.717, 1.165) is 4.31 Å². The minimum atomic E-state index is -4.21. The first-order chi connectivity index (χ1) is 16.3. The van der Waals surface area contributed by atoms with Gasteiger partial charge in [0.25, 0.3) is 15.9 Å². The quantitative estimate of drug-likeness (QED) is 0.507. The zero-order valence-corrected chi connectivity index (χ0v) is 18.8. The fraction of sp³-hybridized carbons (Fsp3) is 0.125. The zero-order valence-electron chi connectivity index (χ0n) is 17.9. The van der Waals surface area contributed by atoms with E-state index in [1.165, 1.54) is 31.4 Å². The maximum atomic E-state index is 13.5. The second-order valence-corrected chi connectivity index (χ2v) is 9.06. The Labute approximate surface area is 195 Å². The average Bonchev–Trinajstić information content (AvgIpc) is 3.01. The Hall–Kier alpha value is -3.92. The molecule has 0 saturated carbocycles. The summed E-state index contributed by atoms with van der Waals surface area (Å²) in [6, 6.07) is 20.4. The van der Waals surface area contributed by atoms with E-state index in [9.17, 15) is 22.0 Å². The molecule has 0 unspecified atom stereocenters. The monoisotopic (exact) mass is 486 g/mol. The number of halogens is 2. The molecule has 0 fully saturated rings. The van der Waals surface area contributed by atoms with Crippen molar-refractivity contribution in [1.29, 1.82) is 0 Å². The van der Waals surface area contributed by atoms with Crippen molar-refractivity contribution in [3.05, 3.63) is 95.7 Å². The molecule has 7 nitrogen and oxygen atoms in total. The molecule has 1 aliphatic rings. The molecule has 0 radical (unpaired) electrons. The highest BCUT2D eigenvalue weighted by Crippen LogP contribution is 2.37. The maximum absolute atomic E-state index is 13.5. The van der Waals surface area contributed by atoms with Gasteiger partial charge in [-0.2, -0.15) is 8.78 Å². The van der Waals surface area contributed by atoms with E-state index in [2.05, 4.69) is 10.1 Å². The second-order valence-electron chi connectivity index (χ2n) is 7.26. The molecule has 0 aromatic heterocycles. The fourth-order valence-electron chi connectivity index (χ4n) is 3.48. The molecular weight excluding hydrogens is 466 g/mol.